The molecule has 0 atom stereocenters. The van der Waals surface area contributed by atoms with Gasteiger partial charge in [-0.3, -0.25) is 4.79 Å². The van der Waals surface area contributed by atoms with Crippen molar-refractivity contribution in [1.29, 1.82) is 0 Å². The molecular weight excluding hydrogens is 264 g/mol. The molecule has 104 valence electrons. The molecule has 1 aliphatic heterocycles. The fraction of sp³-hybridized carbons (Fsp3) is 0.500. The minimum atomic E-state index is -0.121. The van der Waals surface area contributed by atoms with Gasteiger partial charge in [0.05, 0.1) is 6.10 Å². The van der Waals surface area contributed by atoms with Crippen LogP contribution in [0.2, 0.25) is 5.02 Å². The number of amides is 1. The third-order valence-corrected chi connectivity index (χ3v) is 3.43. The van der Waals surface area contributed by atoms with Gasteiger partial charge in [-0.25, -0.2) is 0 Å². The first-order valence-electron chi connectivity index (χ1n) is 6.53. The lowest BCUT2D eigenvalue weighted by atomic mass is 10.1. The highest BCUT2D eigenvalue weighted by molar-refractivity contribution is 6.30. The lowest BCUT2D eigenvalue weighted by Gasteiger charge is -2.22. The molecule has 1 aliphatic rings. The number of carbonyl (C=O) groups is 1. The Morgan fingerprint density at radius 3 is 2.89 bits per heavy atom. The zero-order chi connectivity index (χ0) is 13.7. The molecule has 0 unspecified atom stereocenters. The maximum absolute atomic E-state index is 11.8. The number of rotatable bonds is 4. The summed E-state index contributed by atoms with van der Waals surface area (Å²) in [5.74, 6) is -0.121. The first-order chi connectivity index (χ1) is 9.15. The SMILES string of the molecule is Cc1cc(Cl)ccc1NC(=O)COC1CCNCC1. The van der Waals surface area contributed by atoms with Crippen LogP contribution in [0.4, 0.5) is 5.69 Å². The number of benzene rings is 1. The Balaban J connectivity index is 1.80. The van der Waals surface area contributed by atoms with Crippen molar-refractivity contribution in [1.82, 2.24) is 5.32 Å². The Kier molecular flexibility index (Phi) is 5.19. The molecule has 1 aromatic rings. The molecule has 0 aromatic heterocycles. The first-order valence-corrected chi connectivity index (χ1v) is 6.91. The minimum absolute atomic E-state index is 0.104. The second-order valence-electron chi connectivity index (χ2n) is 4.77. The molecule has 19 heavy (non-hydrogen) atoms. The zero-order valence-corrected chi connectivity index (χ0v) is 11.8. The number of carbonyl (C=O) groups excluding carboxylic acids is 1. The fourth-order valence-corrected chi connectivity index (χ4v) is 2.34. The van der Waals surface area contributed by atoms with Gasteiger partial charge in [0.2, 0.25) is 5.91 Å². The number of aryl methyl sites for hydroxylation is 1. The molecule has 0 radical (unpaired) electrons. The summed E-state index contributed by atoms with van der Waals surface area (Å²) >= 11 is 5.87. The molecule has 0 saturated carbocycles. The number of hydrogen-bond donors (Lipinski definition) is 2. The Morgan fingerprint density at radius 1 is 1.47 bits per heavy atom. The Morgan fingerprint density at radius 2 is 2.21 bits per heavy atom. The quantitative estimate of drug-likeness (QED) is 0.891. The Hall–Kier alpha value is -1.10. The van der Waals surface area contributed by atoms with Gasteiger partial charge in [-0.15, -0.1) is 0 Å². The summed E-state index contributed by atoms with van der Waals surface area (Å²) in [6, 6.07) is 5.39. The summed E-state index contributed by atoms with van der Waals surface area (Å²) in [6.45, 7) is 3.94. The molecule has 2 N–H and O–H groups in total. The molecule has 1 aromatic carbocycles. The molecule has 0 aliphatic carbocycles. The second kappa shape index (κ2) is 6.89. The normalized spacial score (nSPS) is 16.3. The smallest absolute Gasteiger partial charge is 0.250 e. The zero-order valence-electron chi connectivity index (χ0n) is 11.0. The molecular formula is C14H19ClN2O2. The van der Waals surface area contributed by atoms with Gasteiger partial charge in [0, 0.05) is 10.7 Å². The molecule has 2 rings (SSSR count). The van der Waals surface area contributed by atoms with Crippen LogP contribution >= 0.6 is 11.6 Å². The second-order valence-corrected chi connectivity index (χ2v) is 5.20. The van der Waals surface area contributed by atoms with Gasteiger partial charge in [0.1, 0.15) is 6.61 Å². The predicted octanol–water partition coefficient (Wildman–Crippen LogP) is 2.36. The van der Waals surface area contributed by atoms with Crippen LogP contribution in [0.1, 0.15) is 18.4 Å². The van der Waals surface area contributed by atoms with E-state index in [4.69, 9.17) is 16.3 Å². The van der Waals surface area contributed by atoms with Crippen LogP contribution in [0.25, 0.3) is 0 Å². The highest BCUT2D eigenvalue weighted by Gasteiger charge is 2.15. The van der Waals surface area contributed by atoms with E-state index in [-0.39, 0.29) is 18.6 Å². The predicted molar refractivity (Wildman–Crippen MR) is 76.7 cm³/mol. The van der Waals surface area contributed by atoms with E-state index in [1.165, 1.54) is 0 Å². The molecule has 4 nitrogen and oxygen atoms in total. The van der Waals surface area contributed by atoms with E-state index >= 15 is 0 Å². The summed E-state index contributed by atoms with van der Waals surface area (Å²) in [6.07, 6.45) is 2.12. The van der Waals surface area contributed by atoms with Crippen LogP contribution in [-0.4, -0.2) is 31.7 Å². The van der Waals surface area contributed by atoms with Crippen LogP contribution in [0.3, 0.4) is 0 Å². The number of hydrogen-bond acceptors (Lipinski definition) is 3. The summed E-state index contributed by atoms with van der Waals surface area (Å²) in [5.41, 5.74) is 1.73. The van der Waals surface area contributed by atoms with Crippen molar-refractivity contribution >= 4 is 23.2 Å². The minimum Gasteiger partial charge on any atom is -0.368 e. The molecule has 1 saturated heterocycles. The highest BCUT2D eigenvalue weighted by atomic mass is 35.5. The van der Waals surface area contributed by atoms with E-state index in [9.17, 15) is 4.79 Å². The van der Waals surface area contributed by atoms with E-state index < -0.39 is 0 Å². The molecule has 5 heteroatoms. The largest absolute Gasteiger partial charge is 0.368 e. The van der Waals surface area contributed by atoms with Gasteiger partial charge < -0.3 is 15.4 Å². The Bertz CT molecular complexity index is 445. The van der Waals surface area contributed by atoms with Crippen molar-refractivity contribution in [3.8, 4) is 0 Å². The van der Waals surface area contributed by atoms with Crippen LogP contribution in [-0.2, 0) is 9.53 Å². The lowest BCUT2D eigenvalue weighted by molar-refractivity contribution is -0.123. The average molecular weight is 283 g/mol. The van der Waals surface area contributed by atoms with E-state index in [0.717, 1.165) is 37.2 Å². The van der Waals surface area contributed by atoms with Crippen molar-refractivity contribution in [2.24, 2.45) is 0 Å². The third kappa shape index (κ3) is 4.49. The van der Waals surface area contributed by atoms with Crippen LogP contribution in [0.5, 0.6) is 0 Å². The van der Waals surface area contributed by atoms with Crippen molar-refractivity contribution in [2.75, 3.05) is 25.0 Å². The van der Waals surface area contributed by atoms with Crippen LogP contribution < -0.4 is 10.6 Å². The van der Waals surface area contributed by atoms with Crippen molar-refractivity contribution in [3.05, 3.63) is 28.8 Å². The van der Waals surface area contributed by atoms with Crippen molar-refractivity contribution in [3.63, 3.8) is 0 Å². The number of anilines is 1. The molecule has 1 heterocycles. The topological polar surface area (TPSA) is 50.4 Å². The highest BCUT2D eigenvalue weighted by Crippen LogP contribution is 2.19. The number of halogens is 1. The lowest BCUT2D eigenvalue weighted by Crippen LogP contribution is -2.34. The summed E-state index contributed by atoms with van der Waals surface area (Å²) < 4.78 is 5.60. The summed E-state index contributed by atoms with van der Waals surface area (Å²) in [7, 11) is 0. The van der Waals surface area contributed by atoms with Gasteiger partial charge in [-0.1, -0.05) is 11.6 Å². The van der Waals surface area contributed by atoms with Gasteiger partial charge in [-0.2, -0.15) is 0 Å². The first kappa shape index (κ1) is 14.3. The molecule has 0 spiro atoms. The third-order valence-electron chi connectivity index (χ3n) is 3.20. The van der Waals surface area contributed by atoms with Gasteiger partial charge in [0.15, 0.2) is 0 Å². The van der Waals surface area contributed by atoms with Gasteiger partial charge >= 0.3 is 0 Å². The van der Waals surface area contributed by atoms with Gasteiger partial charge in [-0.05, 0) is 56.6 Å². The number of nitrogens with one attached hydrogen (secondary N) is 2. The fourth-order valence-electron chi connectivity index (χ4n) is 2.11. The van der Waals surface area contributed by atoms with Crippen LogP contribution in [0.15, 0.2) is 18.2 Å². The molecule has 1 amide bonds. The number of ether oxygens (including phenoxy) is 1. The molecule has 0 bridgehead atoms. The van der Waals surface area contributed by atoms with Crippen molar-refractivity contribution < 1.29 is 9.53 Å². The Labute approximate surface area is 118 Å². The summed E-state index contributed by atoms with van der Waals surface area (Å²) in [5, 5.41) is 6.77. The average Bonchev–Trinajstić information content (AvgIpc) is 2.41. The van der Waals surface area contributed by atoms with E-state index in [2.05, 4.69) is 10.6 Å². The standard InChI is InChI=1S/C14H19ClN2O2/c1-10-8-11(15)2-3-13(10)17-14(18)9-19-12-4-6-16-7-5-12/h2-3,8,12,16H,4-7,9H2,1H3,(H,17,18). The maximum Gasteiger partial charge on any atom is 0.250 e. The maximum atomic E-state index is 11.8. The molecule has 1 fully saturated rings. The monoisotopic (exact) mass is 282 g/mol. The van der Waals surface area contributed by atoms with Gasteiger partial charge in [0.25, 0.3) is 0 Å². The van der Waals surface area contributed by atoms with Crippen LogP contribution in [0, 0.1) is 6.92 Å². The number of piperidine rings is 1. The van der Waals surface area contributed by atoms with Crippen molar-refractivity contribution in [2.45, 2.75) is 25.9 Å². The van der Waals surface area contributed by atoms with E-state index in [1.54, 1.807) is 12.1 Å². The van der Waals surface area contributed by atoms with E-state index in [1.807, 2.05) is 13.0 Å². The van der Waals surface area contributed by atoms with E-state index in [0.29, 0.717) is 5.02 Å². The summed E-state index contributed by atoms with van der Waals surface area (Å²) in [4.78, 5) is 11.8.